The highest BCUT2D eigenvalue weighted by atomic mass is 16.2. The SMILES string of the molecule is C=C(CC(=O)NCCN1CCC([C@H](C)n2c(C)c(C(=O)NCc3c(C)cc(C)[nH]c3=O)c3ccccc32)CC1)CC(CC)CC. The van der Waals surface area contributed by atoms with Crippen molar-refractivity contribution in [1.82, 2.24) is 25.1 Å². The second-order valence-corrected chi connectivity index (χ2v) is 13.1. The number of aromatic amines is 1. The van der Waals surface area contributed by atoms with Gasteiger partial charge < -0.3 is 25.1 Å². The monoisotopic (exact) mass is 615 g/mol. The first-order chi connectivity index (χ1) is 21.5. The fraction of sp³-hybridized carbons (Fsp3) is 0.541. The molecule has 1 fully saturated rings. The summed E-state index contributed by atoms with van der Waals surface area (Å²) in [6.07, 6.45) is 5.72. The minimum atomic E-state index is -0.162. The number of nitrogens with zero attached hydrogens (tertiary/aromatic N) is 2. The number of aryl methyl sites for hydroxylation is 2. The molecule has 1 saturated heterocycles. The van der Waals surface area contributed by atoms with Crippen molar-refractivity contribution >= 4 is 22.7 Å². The summed E-state index contributed by atoms with van der Waals surface area (Å²) in [4.78, 5) is 43.9. The van der Waals surface area contributed by atoms with Crippen LogP contribution in [-0.4, -0.2) is 52.4 Å². The Hall–Kier alpha value is -3.65. The molecular weight excluding hydrogens is 562 g/mol. The minimum absolute atomic E-state index is 0.0741. The molecule has 2 amide bonds. The molecule has 0 bridgehead atoms. The lowest BCUT2D eigenvalue weighted by Crippen LogP contribution is -2.41. The zero-order valence-corrected chi connectivity index (χ0v) is 28.2. The van der Waals surface area contributed by atoms with Crippen molar-refractivity contribution in [3.05, 3.63) is 80.9 Å². The Bertz CT molecular complexity index is 1560. The van der Waals surface area contributed by atoms with Gasteiger partial charge in [-0.1, -0.05) is 57.0 Å². The van der Waals surface area contributed by atoms with Crippen LogP contribution in [0.5, 0.6) is 0 Å². The van der Waals surface area contributed by atoms with E-state index in [1.807, 2.05) is 45.0 Å². The molecule has 8 heteroatoms. The smallest absolute Gasteiger partial charge is 0.254 e. The summed E-state index contributed by atoms with van der Waals surface area (Å²) in [5.41, 5.74) is 5.82. The normalized spacial score (nSPS) is 15.0. The molecule has 244 valence electrons. The summed E-state index contributed by atoms with van der Waals surface area (Å²) < 4.78 is 2.34. The van der Waals surface area contributed by atoms with E-state index in [9.17, 15) is 14.4 Å². The molecule has 3 heterocycles. The summed E-state index contributed by atoms with van der Waals surface area (Å²) in [5.74, 6) is 1.00. The largest absolute Gasteiger partial charge is 0.355 e. The first-order valence-electron chi connectivity index (χ1n) is 16.8. The molecule has 0 spiro atoms. The van der Waals surface area contributed by atoms with Gasteiger partial charge in [-0.2, -0.15) is 0 Å². The number of hydrogen-bond acceptors (Lipinski definition) is 4. The van der Waals surface area contributed by atoms with Gasteiger partial charge in [0, 0.05) is 60.0 Å². The molecule has 1 aliphatic rings. The van der Waals surface area contributed by atoms with E-state index in [4.69, 9.17) is 0 Å². The molecule has 0 aliphatic carbocycles. The molecule has 45 heavy (non-hydrogen) atoms. The van der Waals surface area contributed by atoms with Crippen molar-refractivity contribution in [2.75, 3.05) is 26.2 Å². The number of amides is 2. The van der Waals surface area contributed by atoms with Gasteiger partial charge in [0.25, 0.3) is 11.5 Å². The third kappa shape index (κ3) is 8.34. The molecule has 4 rings (SSSR count). The first kappa shape index (κ1) is 34.2. The molecule has 0 saturated carbocycles. The molecule has 1 aromatic carbocycles. The van der Waals surface area contributed by atoms with Crippen molar-refractivity contribution in [2.24, 2.45) is 11.8 Å². The lowest BCUT2D eigenvalue weighted by Gasteiger charge is -2.36. The number of nitrogens with one attached hydrogen (secondary N) is 3. The third-order valence-electron chi connectivity index (χ3n) is 9.92. The number of rotatable bonds is 14. The van der Waals surface area contributed by atoms with Gasteiger partial charge in [-0.05, 0) is 89.6 Å². The van der Waals surface area contributed by atoms with Crippen LogP contribution in [0.3, 0.4) is 0 Å². The number of carbonyl (C=O) groups excluding carboxylic acids is 2. The average Bonchev–Trinajstić information content (AvgIpc) is 3.30. The second-order valence-electron chi connectivity index (χ2n) is 13.1. The Balaban J connectivity index is 1.34. The third-order valence-corrected chi connectivity index (χ3v) is 9.92. The fourth-order valence-corrected chi connectivity index (χ4v) is 7.13. The summed E-state index contributed by atoms with van der Waals surface area (Å²) in [7, 11) is 0. The van der Waals surface area contributed by atoms with E-state index in [0.29, 0.717) is 35.9 Å². The van der Waals surface area contributed by atoms with E-state index < -0.39 is 0 Å². The molecule has 1 atom stereocenters. The summed E-state index contributed by atoms with van der Waals surface area (Å²) >= 11 is 0. The van der Waals surface area contributed by atoms with Crippen molar-refractivity contribution in [1.29, 1.82) is 0 Å². The Kier molecular flexibility index (Phi) is 11.8. The summed E-state index contributed by atoms with van der Waals surface area (Å²) in [5, 5.41) is 7.06. The van der Waals surface area contributed by atoms with Gasteiger partial charge in [0.2, 0.25) is 5.91 Å². The lowest BCUT2D eigenvalue weighted by molar-refractivity contribution is -0.120. The Labute approximate surface area is 268 Å². The molecular formula is C37H53N5O3. The maximum Gasteiger partial charge on any atom is 0.254 e. The molecule has 8 nitrogen and oxygen atoms in total. The highest BCUT2D eigenvalue weighted by Gasteiger charge is 2.29. The topological polar surface area (TPSA) is 99.2 Å². The number of H-pyrrole nitrogens is 1. The van der Waals surface area contributed by atoms with Gasteiger partial charge in [-0.3, -0.25) is 14.4 Å². The predicted molar refractivity (Wildman–Crippen MR) is 184 cm³/mol. The summed E-state index contributed by atoms with van der Waals surface area (Å²) in [6, 6.07) is 10.3. The maximum atomic E-state index is 13.6. The number of aromatic nitrogens is 2. The van der Waals surface area contributed by atoms with Crippen molar-refractivity contribution < 1.29 is 9.59 Å². The number of carbonyl (C=O) groups is 2. The fourth-order valence-electron chi connectivity index (χ4n) is 7.13. The van der Waals surface area contributed by atoms with E-state index in [-0.39, 0.29) is 30.0 Å². The van der Waals surface area contributed by atoms with Gasteiger partial charge in [0.1, 0.15) is 0 Å². The van der Waals surface area contributed by atoms with Crippen LogP contribution in [0.2, 0.25) is 0 Å². The van der Waals surface area contributed by atoms with Crippen LogP contribution in [0.1, 0.15) is 98.2 Å². The van der Waals surface area contributed by atoms with Crippen LogP contribution in [0, 0.1) is 32.6 Å². The number of hydrogen-bond donors (Lipinski definition) is 3. The number of fused-ring (bicyclic) bond motifs is 1. The number of benzene rings is 1. The molecule has 1 aliphatic heterocycles. The van der Waals surface area contributed by atoms with Crippen LogP contribution in [0.4, 0.5) is 0 Å². The molecule has 2 aromatic heterocycles. The number of likely N-dealkylation sites (tertiary alicyclic amines) is 1. The van der Waals surface area contributed by atoms with Crippen LogP contribution in [-0.2, 0) is 11.3 Å². The standard InChI is InChI=1S/C37H53N5O3/c1-8-29(9-2)20-24(3)21-34(43)38-16-19-41-17-14-30(15-18-41)27(6)42-28(7)35(31-12-10-11-13-33(31)42)37(45)39-23-32-25(4)22-26(5)40-36(32)44/h10-13,22,27,29-30H,3,8-9,14-21,23H2,1-2,4-7H3,(H,38,43)(H,39,45)(H,40,44)/t27-/m0/s1. The highest BCUT2D eigenvalue weighted by molar-refractivity contribution is 6.08. The zero-order chi connectivity index (χ0) is 32.7. The highest BCUT2D eigenvalue weighted by Crippen LogP contribution is 2.35. The van der Waals surface area contributed by atoms with E-state index in [1.165, 1.54) is 0 Å². The number of piperidine rings is 1. The quantitative estimate of drug-likeness (QED) is 0.184. The van der Waals surface area contributed by atoms with Gasteiger partial charge in [0.15, 0.2) is 0 Å². The Morgan fingerprint density at radius 2 is 1.76 bits per heavy atom. The number of pyridine rings is 1. The lowest BCUT2D eigenvalue weighted by atomic mass is 9.90. The van der Waals surface area contributed by atoms with E-state index in [2.05, 4.69) is 58.5 Å². The molecule has 3 N–H and O–H groups in total. The van der Waals surface area contributed by atoms with E-state index in [0.717, 1.165) is 85.2 Å². The zero-order valence-electron chi connectivity index (χ0n) is 28.2. The second kappa shape index (κ2) is 15.6. The van der Waals surface area contributed by atoms with Crippen molar-refractivity contribution in [3.63, 3.8) is 0 Å². The van der Waals surface area contributed by atoms with Crippen LogP contribution in [0.25, 0.3) is 10.9 Å². The Morgan fingerprint density at radius 3 is 2.42 bits per heavy atom. The number of para-hydroxylation sites is 1. The van der Waals surface area contributed by atoms with Crippen molar-refractivity contribution in [2.45, 2.75) is 92.7 Å². The van der Waals surface area contributed by atoms with Gasteiger partial charge in [-0.15, -0.1) is 0 Å². The van der Waals surface area contributed by atoms with Crippen molar-refractivity contribution in [3.8, 4) is 0 Å². The molecule has 3 aromatic rings. The van der Waals surface area contributed by atoms with Gasteiger partial charge in [0.05, 0.1) is 5.56 Å². The van der Waals surface area contributed by atoms with Crippen LogP contribution < -0.4 is 16.2 Å². The Morgan fingerprint density at radius 1 is 1.07 bits per heavy atom. The summed E-state index contributed by atoms with van der Waals surface area (Å²) in [6.45, 7) is 20.3. The van der Waals surface area contributed by atoms with Crippen LogP contribution >= 0.6 is 0 Å². The average molecular weight is 616 g/mol. The maximum absolute atomic E-state index is 13.6. The van der Waals surface area contributed by atoms with Gasteiger partial charge in [-0.25, -0.2) is 0 Å². The molecule has 0 unspecified atom stereocenters. The predicted octanol–water partition coefficient (Wildman–Crippen LogP) is 6.35. The first-order valence-corrected chi connectivity index (χ1v) is 16.8. The van der Waals surface area contributed by atoms with Crippen LogP contribution in [0.15, 0.2) is 47.3 Å². The van der Waals surface area contributed by atoms with E-state index in [1.54, 1.807) is 0 Å². The van der Waals surface area contributed by atoms with Gasteiger partial charge >= 0.3 is 0 Å². The molecule has 0 radical (unpaired) electrons. The minimum Gasteiger partial charge on any atom is -0.355 e. The van der Waals surface area contributed by atoms with E-state index >= 15 is 0 Å².